The van der Waals surface area contributed by atoms with Crippen molar-refractivity contribution in [3.63, 3.8) is 0 Å². The van der Waals surface area contributed by atoms with Crippen molar-refractivity contribution in [3.8, 4) is 23.3 Å². The SMILES string of the molecule is COc1cc(/C=C(/C#N)C(=O)Nc2nc(S(C)(=O)=O)ns2)ccc1OCCOc1ccccc1C. The first-order chi connectivity index (χ1) is 16.7. The fraction of sp³-hybridized carbons (Fsp3) is 0.217. The van der Waals surface area contributed by atoms with Crippen molar-refractivity contribution in [2.24, 2.45) is 0 Å². The molecule has 35 heavy (non-hydrogen) atoms. The fourth-order valence-corrected chi connectivity index (χ4v) is 4.25. The maximum absolute atomic E-state index is 12.5. The van der Waals surface area contributed by atoms with Crippen LogP contribution in [0.15, 0.2) is 53.2 Å². The number of carbonyl (C=O) groups is 1. The van der Waals surface area contributed by atoms with Crippen molar-refractivity contribution in [1.82, 2.24) is 9.36 Å². The molecule has 0 aliphatic carbocycles. The van der Waals surface area contributed by atoms with E-state index in [4.69, 9.17) is 14.2 Å². The largest absolute Gasteiger partial charge is 0.493 e. The average molecular weight is 515 g/mol. The maximum Gasteiger partial charge on any atom is 0.268 e. The number of carbonyl (C=O) groups excluding carboxylic acids is 1. The summed E-state index contributed by atoms with van der Waals surface area (Å²) in [4.78, 5) is 16.2. The first kappa shape index (κ1) is 25.7. The predicted molar refractivity (Wildman–Crippen MR) is 130 cm³/mol. The zero-order valence-corrected chi connectivity index (χ0v) is 20.8. The van der Waals surface area contributed by atoms with Crippen LogP contribution in [0.25, 0.3) is 6.08 Å². The maximum atomic E-state index is 12.5. The van der Waals surface area contributed by atoms with Gasteiger partial charge in [0, 0.05) is 17.8 Å². The minimum Gasteiger partial charge on any atom is -0.493 e. The highest BCUT2D eigenvalue weighted by molar-refractivity contribution is 7.90. The third kappa shape index (κ3) is 7.02. The van der Waals surface area contributed by atoms with E-state index in [1.165, 1.54) is 13.2 Å². The minimum atomic E-state index is -3.61. The molecule has 2 aromatic carbocycles. The smallest absolute Gasteiger partial charge is 0.268 e. The summed E-state index contributed by atoms with van der Waals surface area (Å²) in [5, 5.41) is 11.4. The summed E-state index contributed by atoms with van der Waals surface area (Å²) in [5.74, 6) is 0.917. The van der Waals surface area contributed by atoms with Gasteiger partial charge in [-0.25, -0.2) is 8.42 Å². The van der Waals surface area contributed by atoms with E-state index in [1.54, 1.807) is 18.2 Å². The average Bonchev–Trinajstić information content (AvgIpc) is 3.30. The Kier molecular flexibility index (Phi) is 8.40. The minimum absolute atomic E-state index is 0.0363. The van der Waals surface area contributed by atoms with E-state index in [0.717, 1.165) is 17.6 Å². The Bertz CT molecular complexity index is 1390. The molecule has 1 amide bonds. The first-order valence-corrected chi connectivity index (χ1v) is 12.8. The molecule has 0 bridgehead atoms. The molecule has 3 rings (SSSR count). The number of benzene rings is 2. The van der Waals surface area contributed by atoms with Gasteiger partial charge in [0.2, 0.25) is 15.0 Å². The van der Waals surface area contributed by atoms with Crippen LogP contribution in [-0.4, -0.2) is 50.3 Å². The van der Waals surface area contributed by atoms with Crippen molar-refractivity contribution in [2.45, 2.75) is 12.1 Å². The molecular weight excluding hydrogens is 492 g/mol. The number of ether oxygens (including phenoxy) is 3. The topological polar surface area (TPSA) is 140 Å². The van der Waals surface area contributed by atoms with Crippen LogP contribution in [0.3, 0.4) is 0 Å². The van der Waals surface area contributed by atoms with Crippen LogP contribution in [0.2, 0.25) is 0 Å². The Balaban J connectivity index is 1.65. The first-order valence-electron chi connectivity index (χ1n) is 10.2. The quantitative estimate of drug-likeness (QED) is 0.245. The molecule has 0 spiro atoms. The van der Waals surface area contributed by atoms with Crippen LogP contribution in [0.1, 0.15) is 11.1 Å². The van der Waals surface area contributed by atoms with Crippen LogP contribution in [0.5, 0.6) is 17.2 Å². The normalized spacial score (nSPS) is 11.4. The fourth-order valence-electron chi connectivity index (χ4n) is 2.81. The third-order valence-corrected chi connectivity index (χ3v) is 6.11. The van der Waals surface area contributed by atoms with Gasteiger partial charge in [0.05, 0.1) is 7.11 Å². The molecule has 1 N–H and O–H groups in total. The third-order valence-electron chi connectivity index (χ3n) is 4.52. The molecule has 3 aromatic rings. The molecule has 0 radical (unpaired) electrons. The number of aromatic nitrogens is 2. The second-order valence-electron chi connectivity index (χ2n) is 7.15. The summed E-state index contributed by atoms with van der Waals surface area (Å²) in [6.07, 6.45) is 2.32. The number of hydrogen-bond donors (Lipinski definition) is 1. The summed E-state index contributed by atoms with van der Waals surface area (Å²) in [6, 6.07) is 14.4. The highest BCUT2D eigenvalue weighted by Crippen LogP contribution is 2.29. The highest BCUT2D eigenvalue weighted by atomic mass is 32.2. The molecule has 12 heteroatoms. The number of anilines is 1. The molecule has 0 saturated heterocycles. The molecule has 0 unspecified atom stereocenters. The Hall–Kier alpha value is -3.95. The van der Waals surface area contributed by atoms with Gasteiger partial charge in [0.1, 0.15) is 30.6 Å². The summed E-state index contributed by atoms with van der Waals surface area (Å²) in [6.45, 7) is 2.58. The second kappa shape index (κ2) is 11.5. The number of aryl methyl sites for hydroxylation is 1. The van der Waals surface area contributed by atoms with Gasteiger partial charge < -0.3 is 14.2 Å². The molecule has 1 heterocycles. The summed E-state index contributed by atoms with van der Waals surface area (Å²) in [7, 11) is -2.13. The van der Waals surface area contributed by atoms with Crippen LogP contribution >= 0.6 is 11.5 Å². The Morgan fingerprint density at radius 1 is 1.14 bits per heavy atom. The van der Waals surface area contributed by atoms with Crippen LogP contribution in [0, 0.1) is 18.3 Å². The second-order valence-corrected chi connectivity index (χ2v) is 9.81. The van der Waals surface area contributed by atoms with Crippen molar-refractivity contribution in [1.29, 1.82) is 5.26 Å². The number of rotatable bonds is 10. The van der Waals surface area contributed by atoms with E-state index >= 15 is 0 Å². The van der Waals surface area contributed by atoms with Gasteiger partial charge in [-0.3, -0.25) is 10.1 Å². The zero-order valence-electron chi connectivity index (χ0n) is 19.1. The number of methoxy groups -OCH3 is 1. The van der Waals surface area contributed by atoms with Gasteiger partial charge in [0.15, 0.2) is 11.5 Å². The molecule has 0 saturated carbocycles. The standard InChI is InChI=1S/C23H22N4O6S2/c1-15-6-4-5-7-18(15)32-10-11-33-19-9-8-16(13-20(19)31-2)12-17(14-24)21(28)25-22-26-23(27-34-22)35(3,29)30/h4-9,12-13H,10-11H2,1-3H3,(H,25,26,27,28)/b17-12-. The molecular formula is C23H22N4O6S2. The molecule has 1 aromatic heterocycles. The van der Waals surface area contributed by atoms with Gasteiger partial charge in [-0.15, -0.1) is 0 Å². The van der Waals surface area contributed by atoms with Gasteiger partial charge in [-0.2, -0.15) is 14.6 Å². The van der Waals surface area contributed by atoms with Crippen molar-refractivity contribution < 1.29 is 27.4 Å². The van der Waals surface area contributed by atoms with Crippen molar-refractivity contribution in [3.05, 3.63) is 59.2 Å². The molecule has 0 fully saturated rings. The van der Waals surface area contributed by atoms with Gasteiger partial charge in [0.25, 0.3) is 11.1 Å². The lowest BCUT2D eigenvalue weighted by molar-refractivity contribution is -0.112. The molecule has 182 valence electrons. The zero-order chi connectivity index (χ0) is 25.4. The number of sulfone groups is 1. The summed E-state index contributed by atoms with van der Waals surface area (Å²) < 4.78 is 43.5. The van der Waals surface area contributed by atoms with E-state index in [2.05, 4.69) is 14.7 Å². The monoisotopic (exact) mass is 514 g/mol. The number of nitriles is 1. The molecule has 0 aliphatic rings. The van der Waals surface area contributed by atoms with Crippen LogP contribution in [-0.2, 0) is 14.6 Å². The number of hydrogen-bond acceptors (Lipinski definition) is 10. The van der Waals surface area contributed by atoms with E-state index in [-0.39, 0.29) is 17.3 Å². The lowest BCUT2D eigenvalue weighted by Gasteiger charge is -2.13. The van der Waals surface area contributed by atoms with Gasteiger partial charge in [-0.05, 0) is 42.3 Å². The predicted octanol–water partition coefficient (Wildman–Crippen LogP) is 3.26. The van der Waals surface area contributed by atoms with Crippen molar-refractivity contribution in [2.75, 3.05) is 31.9 Å². The lowest BCUT2D eigenvalue weighted by Crippen LogP contribution is -2.13. The lowest BCUT2D eigenvalue weighted by atomic mass is 10.1. The molecule has 0 aliphatic heterocycles. The van der Waals surface area contributed by atoms with Gasteiger partial charge >= 0.3 is 0 Å². The summed E-state index contributed by atoms with van der Waals surface area (Å²) in [5.41, 5.74) is 1.33. The van der Waals surface area contributed by atoms with E-state index in [0.29, 0.717) is 35.2 Å². The molecule has 10 nitrogen and oxygen atoms in total. The van der Waals surface area contributed by atoms with E-state index in [9.17, 15) is 18.5 Å². The van der Waals surface area contributed by atoms with Gasteiger partial charge in [-0.1, -0.05) is 24.3 Å². The number of nitrogens with one attached hydrogen (secondary N) is 1. The van der Waals surface area contributed by atoms with Crippen LogP contribution in [0.4, 0.5) is 5.13 Å². The Morgan fingerprint density at radius 3 is 2.49 bits per heavy atom. The number of nitrogens with zero attached hydrogens (tertiary/aromatic N) is 3. The van der Waals surface area contributed by atoms with E-state index in [1.807, 2.05) is 37.3 Å². The number of amides is 1. The van der Waals surface area contributed by atoms with E-state index < -0.39 is 20.9 Å². The molecule has 0 atom stereocenters. The number of para-hydroxylation sites is 1. The Morgan fingerprint density at radius 2 is 1.86 bits per heavy atom. The highest BCUT2D eigenvalue weighted by Gasteiger charge is 2.17. The summed E-state index contributed by atoms with van der Waals surface area (Å²) >= 11 is 0.700. The van der Waals surface area contributed by atoms with Crippen LogP contribution < -0.4 is 19.5 Å². The Labute approximate surface area is 206 Å². The van der Waals surface area contributed by atoms with Crippen molar-refractivity contribution >= 4 is 38.5 Å².